The summed E-state index contributed by atoms with van der Waals surface area (Å²) in [5, 5.41) is 0. The molecule has 4 heteroatoms. The molecule has 1 unspecified atom stereocenters. The van der Waals surface area contributed by atoms with E-state index in [2.05, 4.69) is 30.1 Å². The highest BCUT2D eigenvalue weighted by atomic mass is 35.5. The van der Waals surface area contributed by atoms with Gasteiger partial charge < -0.3 is 4.90 Å². The molecule has 0 bridgehead atoms. The molecular weight excluding hydrogens is 284 g/mol. The summed E-state index contributed by atoms with van der Waals surface area (Å²) >= 11 is 0. The van der Waals surface area contributed by atoms with E-state index >= 15 is 0 Å². The lowest BCUT2D eigenvalue weighted by molar-refractivity contribution is 0.0629. The van der Waals surface area contributed by atoms with Crippen LogP contribution in [0.2, 0.25) is 0 Å². The first-order valence-electron chi connectivity index (χ1n) is 7.08. The summed E-state index contributed by atoms with van der Waals surface area (Å²) in [7, 11) is 0. The number of aryl methyl sites for hydroxylation is 1. The Labute approximate surface area is 130 Å². The first kappa shape index (κ1) is 14.1. The number of rotatable bonds is 0. The first-order valence-corrected chi connectivity index (χ1v) is 7.08. The molecule has 0 radical (unpaired) electrons. The van der Waals surface area contributed by atoms with E-state index < -0.39 is 0 Å². The Hall–Kier alpha value is -1.87. The predicted molar refractivity (Wildman–Crippen MR) is 83.8 cm³/mol. The second-order valence-electron chi connectivity index (χ2n) is 5.67. The molecule has 1 aromatic heterocycles. The van der Waals surface area contributed by atoms with Gasteiger partial charge in [-0.3, -0.25) is 9.78 Å². The highest BCUT2D eigenvalue weighted by Crippen LogP contribution is 2.37. The maximum atomic E-state index is 12.6. The maximum absolute atomic E-state index is 12.6. The standard InChI is InChI=1S/C17H16N2O.ClH/c1-11-4-5-13-12(9-11)6-8-19-16(13)10-15-14(17(19)20)3-2-7-18-15;/h2-5,7,9,16H,6,8,10H2,1H3;1H. The van der Waals surface area contributed by atoms with E-state index in [1.165, 1.54) is 16.7 Å². The van der Waals surface area contributed by atoms with Crippen molar-refractivity contribution in [3.63, 3.8) is 0 Å². The SMILES string of the molecule is Cc1ccc2c(c1)CCN1C(=O)c3cccnc3CC21.Cl. The van der Waals surface area contributed by atoms with Gasteiger partial charge in [0.25, 0.3) is 5.91 Å². The van der Waals surface area contributed by atoms with Crippen LogP contribution >= 0.6 is 12.4 Å². The monoisotopic (exact) mass is 300 g/mol. The topological polar surface area (TPSA) is 33.2 Å². The molecule has 0 aliphatic carbocycles. The number of halogens is 1. The summed E-state index contributed by atoms with van der Waals surface area (Å²) in [5.41, 5.74) is 5.69. The van der Waals surface area contributed by atoms with Crippen molar-refractivity contribution in [1.82, 2.24) is 9.88 Å². The molecule has 2 aliphatic heterocycles. The number of pyridine rings is 1. The van der Waals surface area contributed by atoms with Crippen molar-refractivity contribution < 1.29 is 4.79 Å². The predicted octanol–water partition coefficient (Wildman–Crippen LogP) is 3.11. The average Bonchev–Trinajstić information content (AvgIpc) is 2.47. The van der Waals surface area contributed by atoms with Gasteiger partial charge >= 0.3 is 0 Å². The quantitative estimate of drug-likeness (QED) is 0.749. The Bertz CT molecular complexity index is 714. The zero-order chi connectivity index (χ0) is 13.7. The zero-order valence-corrected chi connectivity index (χ0v) is 12.7. The van der Waals surface area contributed by atoms with Crippen LogP contribution in [-0.2, 0) is 12.8 Å². The lowest BCUT2D eigenvalue weighted by atomic mass is 9.85. The highest BCUT2D eigenvalue weighted by Gasteiger charge is 2.37. The Morgan fingerprint density at radius 3 is 3.00 bits per heavy atom. The van der Waals surface area contributed by atoms with Crippen LogP contribution in [0.5, 0.6) is 0 Å². The zero-order valence-electron chi connectivity index (χ0n) is 11.9. The molecule has 0 N–H and O–H groups in total. The van der Waals surface area contributed by atoms with Crippen LogP contribution in [0, 0.1) is 6.92 Å². The Balaban J connectivity index is 0.00000132. The third kappa shape index (κ3) is 2.12. The van der Waals surface area contributed by atoms with Crippen LogP contribution in [0.25, 0.3) is 0 Å². The van der Waals surface area contributed by atoms with Gasteiger partial charge in [0.1, 0.15) is 0 Å². The van der Waals surface area contributed by atoms with Gasteiger partial charge in [-0.15, -0.1) is 12.4 Å². The molecule has 1 atom stereocenters. The van der Waals surface area contributed by atoms with E-state index in [-0.39, 0.29) is 24.4 Å². The van der Waals surface area contributed by atoms with Gasteiger partial charge in [-0.05, 0) is 36.6 Å². The molecule has 0 saturated carbocycles. The highest BCUT2D eigenvalue weighted by molar-refractivity contribution is 5.96. The third-order valence-electron chi connectivity index (χ3n) is 4.42. The van der Waals surface area contributed by atoms with Gasteiger partial charge in [0.2, 0.25) is 0 Å². The van der Waals surface area contributed by atoms with Gasteiger partial charge in [-0.25, -0.2) is 0 Å². The van der Waals surface area contributed by atoms with E-state index in [0.717, 1.165) is 30.6 Å². The van der Waals surface area contributed by atoms with Crippen molar-refractivity contribution in [2.75, 3.05) is 6.54 Å². The minimum Gasteiger partial charge on any atom is -0.331 e. The average molecular weight is 301 g/mol. The van der Waals surface area contributed by atoms with E-state index in [4.69, 9.17) is 0 Å². The van der Waals surface area contributed by atoms with E-state index in [1.807, 2.05) is 17.0 Å². The summed E-state index contributed by atoms with van der Waals surface area (Å²) < 4.78 is 0. The number of fused-ring (bicyclic) bond motifs is 4. The number of nitrogens with zero attached hydrogens (tertiary/aromatic N) is 2. The van der Waals surface area contributed by atoms with Crippen LogP contribution in [-0.4, -0.2) is 22.3 Å². The van der Waals surface area contributed by atoms with Gasteiger partial charge in [0, 0.05) is 19.2 Å². The van der Waals surface area contributed by atoms with E-state index in [9.17, 15) is 4.79 Å². The van der Waals surface area contributed by atoms with Gasteiger partial charge in [-0.2, -0.15) is 0 Å². The van der Waals surface area contributed by atoms with E-state index in [0.29, 0.717) is 0 Å². The summed E-state index contributed by atoms with van der Waals surface area (Å²) in [6, 6.07) is 10.5. The number of hydrogen-bond donors (Lipinski definition) is 0. The second-order valence-corrected chi connectivity index (χ2v) is 5.67. The number of benzene rings is 1. The molecule has 21 heavy (non-hydrogen) atoms. The molecule has 2 aliphatic rings. The lowest BCUT2D eigenvalue weighted by Crippen LogP contribution is -2.44. The van der Waals surface area contributed by atoms with Crippen molar-refractivity contribution in [2.24, 2.45) is 0 Å². The first-order chi connectivity index (χ1) is 9.74. The van der Waals surface area contributed by atoms with Crippen molar-refractivity contribution >= 4 is 18.3 Å². The van der Waals surface area contributed by atoms with Crippen molar-refractivity contribution in [3.8, 4) is 0 Å². The Kier molecular flexibility index (Phi) is 3.46. The second kappa shape index (κ2) is 5.15. The summed E-state index contributed by atoms with van der Waals surface area (Å²) in [6.07, 6.45) is 3.56. The summed E-state index contributed by atoms with van der Waals surface area (Å²) in [5.74, 6) is 0.135. The molecule has 3 heterocycles. The molecule has 0 saturated heterocycles. The molecule has 108 valence electrons. The fraction of sp³-hybridized carbons (Fsp3) is 0.294. The van der Waals surface area contributed by atoms with Gasteiger partial charge in [-0.1, -0.05) is 23.8 Å². The van der Waals surface area contributed by atoms with Crippen LogP contribution < -0.4 is 0 Å². The molecule has 1 amide bonds. The fourth-order valence-corrected chi connectivity index (χ4v) is 3.44. The fourth-order valence-electron chi connectivity index (χ4n) is 3.44. The molecule has 1 aromatic carbocycles. The molecule has 4 rings (SSSR count). The number of amides is 1. The summed E-state index contributed by atoms with van der Waals surface area (Å²) in [4.78, 5) is 19.0. The number of aromatic nitrogens is 1. The smallest absolute Gasteiger partial charge is 0.256 e. The van der Waals surface area contributed by atoms with Crippen molar-refractivity contribution in [2.45, 2.75) is 25.8 Å². The number of hydrogen-bond acceptors (Lipinski definition) is 2. The number of carbonyl (C=O) groups is 1. The van der Waals surface area contributed by atoms with Crippen LogP contribution in [0.3, 0.4) is 0 Å². The van der Waals surface area contributed by atoms with Crippen LogP contribution in [0.15, 0.2) is 36.5 Å². The van der Waals surface area contributed by atoms with Crippen molar-refractivity contribution in [1.29, 1.82) is 0 Å². The largest absolute Gasteiger partial charge is 0.331 e. The minimum absolute atomic E-state index is 0. The Morgan fingerprint density at radius 1 is 1.29 bits per heavy atom. The lowest BCUT2D eigenvalue weighted by Gasteiger charge is -2.40. The normalized spacial score (nSPS) is 19.2. The summed E-state index contributed by atoms with van der Waals surface area (Å²) in [6.45, 7) is 2.93. The van der Waals surface area contributed by atoms with Crippen LogP contribution in [0.1, 0.15) is 38.8 Å². The maximum Gasteiger partial charge on any atom is 0.256 e. The van der Waals surface area contributed by atoms with Crippen LogP contribution in [0.4, 0.5) is 0 Å². The van der Waals surface area contributed by atoms with Gasteiger partial charge in [0.05, 0.1) is 17.3 Å². The number of carbonyl (C=O) groups excluding carboxylic acids is 1. The Morgan fingerprint density at radius 2 is 2.14 bits per heavy atom. The van der Waals surface area contributed by atoms with Crippen molar-refractivity contribution in [3.05, 3.63) is 64.5 Å². The molecule has 3 nitrogen and oxygen atoms in total. The van der Waals surface area contributed by atoms with Gasteiger partial charge in [0.15, 0.2) is 0 Å². The third-order valence-corrected chi connectivity index (χ3v) is 4.42. The van der Waals surface area contributed by atoms with E-state index in [1.54, 1.807) is 6.20 Å². The molecular formula is C17H17ClN2O. The molecule has 0 fully saturated rings. The molecule has 2 aromatic rings. The molecule has 0 spiro atoms. The minimum atomic E-state index is 0.